The van der Waals surface area contributed by atoms with E-state index < -0.39 is 11.6 Å². The van der Waals surface area contributed by atoms with Gasteiger partial charge in [-0.3, -0.25) is 0 Å². The summed E-state index contributed by atoms with van der Waals surface area (Å²) in [7, 11) is 0. The zero-order valence-corrected chi connectivity index (χ0v) is 11.9. The maximum absolute atomic E-state index is 13.2. The lowest BCUT2D eigenvalue weighted by molar-refractivity contribution is 0.507. The summed E-state index contributed by atoms with van der Waals surface area (Å²) in [5.41, 5.74) is 2.41. The van der Waals surface area contributed by atoms with Crippen molar-refractivity contribution in [2.75, 3.05) is 0 Å². The molecule has 0 aromatic heterocycles. The average Bonchev–Trinajstić information content (AvgIpc) is 2.35. The molecule has 4 heteroatoms. The van der Waals surface area contributed by atoms with Gasteiger partial charge in [-0.25, -0.2) is 8.78 Å². The third-order valence-electron chi connectivity index (χ3n) is 2.73. The number of rotatable bonds is 2. The van der Waals surface area contributed by atoms with E-state index in [1.54, 1.807) is 0 Å². The van der Waals surface area contributed by atoms with Crippen LogP contribution in [0.4, 0.5) is 8.78 Å². The first-order chi connectivity index (χ1) is 8.50. The number of benzene rings is 2. The fourth-order valence-electron chi connectivity index (χ4n) is 1.72. The lowest BCUT2D eigenvalue weighted by atomic mass is 10.0. The van der Waals surface area contributed by atoms with E-state index in [4.69, 9.17) is 11.6 Å². The maximum Gasteiger partial charge on any atom is 0.159 e. The fourth-order valence-corrected chi connectivity index (χ4v) is 2.75. The molecule has 2 rings (SSSR count). The molecule has 0 nitrogen and oxygen atoms in total. The Morgan fingerprint density at radius 3 is 2.50 bits per heavy atom. The molecule has 1 atom stereocenters. The Hall–Kier alpha value is -0.930. The van der Waals surface area contributed by atoms with E-state index in [9.17, 15) is 8.78 Å². The van der Waals surface area contributed by atoms with E-state index in [-0.39, 0.29) is 4.83 Å². The quantitative estimate of drug-likeness (QED) is 0.645. The third-order valence-corrected chi connectivity index (χ3v) is 4.27. The molecule has 1 unspecified atom stereocenters. The number of halogens is 4. The van der Waals surface area contributed by atoms with Crippen LogP contribution in [0.3, 0.4) is 0 Å². The normalized spacial score (nSPS) is 12.5. The molecule has 0 heterocycles. The van der Waals surface area contributed by atoms with E-state index in [0.29, 0.717) is 10.6 Å². The summed E-state index contributed by atoms with van der Waals surface area (Å²) in [5.74, 6) is -1.71. The molecule has 2 aromatic rings. The van der Waals surface area contributed by atoms with Crippen LogP contribution in [-0.4, -0.2) is 0 Å². The molecule has 18 heavy (non-hydrogen) atoms. The molecule has 0 aliphatic heterocycles. The van der Waals surface area contributed by atoms with E-state index in [2.05, 4.69) is 15.9 Å². The predicted octanol–water partition coefficient (Wildman–Crippen LogP) is 5.41. The summed E-state index contributed by atoms with van der Waals surface area (Å²) in [6.45, 7) is 1.90. The van der Waals surface area contributed by atoms with Crippen molar-refractivity contribution in [2.45, 2.75) is 11.8 Å². The molecular formula is C14H10BrClF2. The summed E-state index contributed by atoms with van der Waals surface area (Å²) in [6.07, 6.45) is 0. The van der Waals surface area contributed by atoms with Gasteiger partial charge in [0.25, 0.3) is 0 Å². The molecule has 0 aliphatic carbocycles. The van der Waals surface area contributed by atoms with Crippen LogP contribution in [-0.2, 0) is 0 Å². The number of alkyl halides is 1. The highest BCUT2D eigenvalue weighted by atomic mass is 79.9. The van der Waals surface area contributed by atoms with Gasteiger partial charge in [-0.1, -0.05) is 51.8 Å². The first-order valence-electron chi connectivity index (χ1n) is 5.34. The first kappa shape index (κ1) is 13.5. The fraction of sp³-hybridized carbons (Fsp3) is 0.143. The van der Waals surface area contributed by atoms with Crippen molar-refractivity contribution in [2.24, 2.45) is 0 Å². The zero-order chi connectivity index (χ0) is 13.3. The Morgan fingerprint density at radius 2 is 1.83 bits per heavy atom. The van der Waals surface area contributed by atoms with Gasteiger partial charge in [-0.05, 0) is 35.7 Å². The highest BCUT2D eigenvalue weighted by Crippen LogP contribution is 2.36. The minimum Gasteiger partial charge on any atom is -0.204 e. The second kappa shape index (κ2) is 5.37. The maximum atomic E-state index is 13.2. The summed E-state index contributed by atoms with van der Waals surface area (Å²) < 4.78 is 26.1. The van der Waals surface area contributed by atoms with E-state index in [1.807, 2.05) is 25.1 Å². The second-order valence-electron chi connectivity index (χ2n) is 4.01. The molecule has 0 spiro atoms. The smallest absolute Gasteiger partial charge is 0.159 e. The molecule has 0 amide bonds. The molecule has 0 saturated heterocycles. The third kappa shape index (κ3) is 2.57. The Labute approximate surface area is 118 Å². The van der Waals surface area contributed by atoms with Gasteiger partial charge in [0.2, 0.25) is 0 Å². The van der Waals surface area contributed by atoms with Crippen molar-refractivity contribution < 1.29 is 8.78 Å². The van der Waals surface area contributed by atoms with Gasteiger partial charge < -0.3 is 0 Å². The number of hydrogen-bond acceptors (Lipinski definition) is 0. The second-order valence-corrected chi connectivity index (χ2v) is 5.31. The SMILES string of the molecule is Cc1cccc(C(Br)c2ccc(F)c(F)c2)c1Cl. The topological polar surface area (TPSA) is 0 Å². The predicted molar refractivity (Wildman–Crippen MR) is 73.3 cm³/mol. The van der Waals surface area contributed by atoms with Crippen LogP contribution >= 0.6 is 27.5 Å². The van der Waals surface area contributed by atoms with Crippen LogP contribution in [0.25, 0.3) is 0 Å². The molecule has 0 saturated carbocycles. The van der Waals surface area contributed by atoms with Crippen molar-refractivity contribution in [1.29, 1.82) is 0 Å². The minimum atomic E-state index is -0.860. The van der Waals surface area contributed by atoms with Crippen LogP contribution in [0.5, 0.6) is 0 Å². The highest BCUT2D eigenvalue weighted by molar-refractivity contribution is 9.09. The van der Waals surface area contributed by atoms with Gasteiger partial charge in [-0.15, -0.1) is 0 Å². The molecule has 94 valence electrons. The Kier molecular flexibility index (Phi) is 4.03. The van der Waals surface area contributed by atoms with Crippen LogP contribution < -0.4 is 0 Å². The summed E-state index contributed by atoms with van der Waals surface area (Å²) >= 11 is 9.68. The highest BCUT2D eigenvalue weighted by Gasteiger charge is 2.16. The Morgan fingerprint density at radius 1 is 1.11 bits per heavy atom. The van der Waals surface area contributed by atoms with Crippen molar-refractivity contribution in [3.05, 3.63) is 69.7 Å². The van der Waals surface area contributed by atoms with E-state index in [1.165, 1.54) is 12.1 Å². The molecule has 0 radical (unpaired) electrons. The van der Waals surface area contributed by atoms with Gasteiger partial charge in [0.05, 0.1) is 4.83 Å². The van der Waals surface area contributed by atoms with Gasteiger partial charge in [0.15, 0.2) is 11.6 Å². The summed E-state index contributed by atoms with van der Waals surface area (Å²) in [4.78, 5) is -0.264. The Bertz CT molecular complexity index is 584. The van der Waals surface area contributed by atoms with Crippen LogP contribution in [0.1, 0.15) is 21.5 Å². The summed E-state index contributed by atoms with van der Waals surface area (Å²) in [5, 5.41) is 0.629. The van der Waals surface area contributed by atoms with Crippen molar-refractivity contribution in [1.82, 2.24) is 0 Å². The van der Waals surface area contributed by atoms with E-state index in [0.717, 1.165) is 17.2 Å². The standard InChI is InChI=1S/C14H10BrClF2/c1-8-3-2-4-10(14(8)16)13(15)9-5-6-11(17)12(18)7-9/h2-7,13H,1H3. The summed E-state index contributed by atoms with van der Waals surface area (Å²) in [6, 6.07) is 9.46. The zero-order valence-electron chi connectivity index (χ0n) is 9.55. The van der Waals surface area contributed by atoms with Crippen LogP contribution in [0.15, 0.2) is 36.4 Å². The monoisotopic (exact) mass is 330 g/mol. The molecule has 0 aliphatic rings. The van der Waals surface area contributed by atoms with Crippen molar-refractivity contribution >= 4 is 27.5 Å². The lowest BCUT2D eigenvalue weighted by Crippen LogP contribution is -1.97. The molecule has 0 N–H and O–H groups in total. The molecule has 0 fully saturated rings. The average molecular weight is 332 g/mol. The van der Waals surface area contributed by atoms with Gasteiger partial charge in [0.1, 0.15) is 0 Å². The number of hydrogen-bond donors (Lipinski definition) is 0. The van der Waals surface area contributed by atoms with Gasteiger partial charge in [-0.2, -0.15) is 0 Å². The lowest BCUT2D eigenvalue weighted by Gasteiger charge is -2.14. The number of aryl methyl sites for hydroxylation is 1. The van der Waals surface area contributed by atoms with E-state index >= 15 is 0 Å². The first-order valence-corrected chi connectivity index (χ1v) is 6.64. The minimum absolute atomic E-state index is 0.264. The van der Waals surface area contributed by atoms with Crippen LogP contribution in [0, 0.1) is 18.6 Å². The van der Waals surface area contributed by atoms with Crippen molar-refractivity contribution in [3.63, 3.8) is 0 Å². The Balaban J connectivity index is 2.44. The molecular weight excluding hydrogens is 322 g/mol. The molecule has 2 aromatic carbocycles. The van der Waals surface area contributed by atoms with Crippen molar-refractivity contribution in [3.8, 4) is 0 Å². The van der Waals surface area contributed by atoms with Gasteiger partial charge in [0, 0.05) is 5.02 Å². The largest absolute Gasteiger partial charge is 0.204 e. The molecule has 0 bridgehead atoms. The van der Waals surface area contributed by atoms with Crippen LogP contribution in [0.2, 0.25) is 5.02 Å². The van der Waals surface area contributed by atoms with Gasteiger partial charge >= 0.3 is 0 Å².